The number of para-hydroxylation sites is 2. The molecule has 0 radical (unpaired) electrons. The SMILES string of the molecule is COc1ccccc1Cn1c(=O)c(C(=O)Oc2nn[nH]n2)c(-c2ccc3c(c2)OCCO3)c2oc3ccccc3c21. The summed E-state index contributed by atoms with van der Waals surface area (Å²) in [6.45, 7) is 0.873. The van der Waals surface area contributed by atoms with E-state index in [4.69, 9.17) is 23.4 Å². The van der Waals surface area contributed by atoms with Crippen molar-refractivity contribution < 1.29 is 28.2 Å². The Kier molecular flexibility index (Phi) is 5.85. The molecule has 0 bridgehead atoms. The molecule has 0 saturated heterocycles. The number of pyridine rings is 1. The first-order chi connectivity index (χ1) is 20.1. The van der Waals surface area contributed by atoms with Gasteiger partial charge >= 0.3 is 12.0 Å². The van der Waals surface area contributed by atoms with E-state index in [-0.39, 0.29) is 23.7 Å². The number of H-pyrrole nitrogens is 1. The number of hydrogen-bond donors (Lipinski definition) is 1. The number of furan rings is 1. The van der Waals surface area contributed by atoms with E-state index in [2.05, 4.69) is 20.6 Å². The van der Waals surface area contributed by atoms with Gasteiger partial charge in [-0.2, -0.15) is 5.21 Å². The number of aromatic amines is 1. The minimum Gasteiger partial charge on any atom is -0.496 e. The van der Waals surface area contributed by atoms with E-state index in [9.17, 15) is 9.59 Å². The maximum atomic E-state index is 14.4. The number of esters is 1. The number of hydrogen-bond acceptors (Lipinski definition) is 10. The number of benzene rings is 3. The van der Waals surface area contributed by atoms with Gasteiger partial charge in [0.25, 0.3) is 5.56 Å². The Hall–Kier alpha value is -5.65. The van der Waals surface area contributed by atoms with E-state index in [1.807, 2.05) is 36.4 Å². The van der Waals surface area contributed by atoms with E-state index in [0.29, 0.717) is 58.1 Å². The monoisotopic (exact) mass is 551 g/mol. The van der Waals surface area contributed by atoms with Crippen LogP contribution in [-0.2, 0) is 6.54 Å². The van der Waals surface area contributed by atoms with Crippen molar-refractivity contribution in [2.24, 2.45) is 0 Å². The fraction of sp³-hybridized carbons (Fsp3) is 0.138. The summed E-state index contributed by atoms with van der Waals surface area (Å²) in [6.07, 6.45) is 0. The molecule has 0 amide bonds. The second kappa shape index (κ2) is 9.83. The highest BCUT2D eigenvalue weighted by Gasteiger charge is 2.30. The molecule has 4 heterocycles. The van der Waals surface area contributed by atoms with Crippen LogP contribution in [0.4, 0.5) is 0 Å². The molecule has 7 rings (SSSR count). The van der Waals surface area contributed by atoms with Gasteiger partial charge in [-0.05, 0) is 41.1 Å². The second-order valence-electron chi connectivity index (χ2n) is 9.17. The third-order valence-electron chi connectivity index (χ3n) is 6.84. The molecule has 6 aromatic rings. The van der Waals surface area contributed by atoms with Crippen molar-refractivity contribution in [1.82, 2.24) is 25.2 Å². The summed E-state index contributed by atoms with van der Waals surface area (Å²) in [6, 6.07) is 19.6. The van der Waals surface area contributed by atoms with Crippen LogP contribution >= 0.6 is 0 Å². The largest absolute Gasteiger partial charge is 0.496 e. The van der Waals surface area contributed by atoms with Gasteiger partial charge in [0.1, 0.15) is 30.1 Å². The van der Waals surface area contributed by atoms with Crippen molar-refractivity contribution in [1.29, 1.82) is 0 Å². The average Bonchev–Trinajstić information content (AvgIpc) is 3.66. The number of nitrogens with one attached hydrogen (secondary N) is 1. The molecule has 1 aliphatic heterocycles. The third-order valence-corrected chi connectivity index (χ3v) is 6.84. The lowest BCUT2D eigenvalue weighted by atomic mass is 9.98. The number of ether oxygens (including phenoxy) is 4. The molecular weight excluding hydrogens is 530 g/mol. The molecule has 12 nitrogen and oxygen atoms in total. The van der Waals surface area contributed by atoms with Crippen LogP contribution in [0, 0.1) is 0 Å². The van der Waals surface area contributed by atoms with Crippen molar-refractivity contribution in [3.8, 4) is 34.4 Å². The number of aromatic nitrogens is 5. The number of fused-ring (bicyclic) bond motifs is 4. The van der Waals surface area contributed by atoms with Gasteiger partial charge in [-0.25, -0.2) is 4.79 Å². The molecule has 0 atom stereocenters. The predicted octanol–water partition coefficient (Wildman–Crippen LogP) is 3.98. The highest BCUT2D eigenvalue weighted by Crippen LogP contribution is 2.41. The zero-order chi connectivity index (χ0) is 27.9. The maximum absolute atomic E-state index is 14.4. The highest BCUT2D eigenvalue weighted by atomic mass is 16.6. The van der Waals surface area contributed by atoms with Gasteiger partial charge in [-0.1, -0.05) is 46.6 Å². The summed E-state index contributed by atoms with van der Waals surface area (Å²) in [5, 5.41) is 13.8. The molecule has 41 heavy (non-hydrogen) atoms. The van der Waals surface area contributed by atoms with Gasteiger partial charge in [0.2, 0.25) is 0 Å². The summed E-state index contributed by atoms with van der Waals surface area (Å²) in [4.78, 5) is 28.2. The molecule has 0 unspecified atom stereocenters. The van der Waals surface area contributed by atoms with Crippen LogP contribution in [0.1, 0.15) is 15.9 Å². The van der Waals surface area contributed by atoms with Gasteiger partial charge in [-0.15, -0.1) is 0 Å². The van der Waals surface area contributed by atoms with Gasteiger partial charge in [-0.3, -0.25) is 9.36 Å². The molecule has 0 saturated carbocycles. The van der Waals surface area contributed by atoms with Gasteiger partial charge < -0.3 is 23.4 Å². The number of methoxy groups -OCH3 is 1. The van der Waals surface area contributed by atoms with Crippen LogP contribution in [0.2, 0.25) is 0 Å². The third kappa shape index (κ3) is 4.13. The Morgan fingerprint density at radius 2 is 1.83 bits per heavy atom. The second-order valence-corrected chi connectivity index (χ2v) is 9.17. The zero-order valence-corrected chi connectivity index (χ0v) is 21.6. The Labute approximate surface area is 231 Å². The summed E-state index contributed by atoms with van der Waals surface area (Å²) < 4.78 is 30.3. The fourth-order valence-corrected chi connectivity index (χ4v) is 5.07. The topological polar surface area (TPSA) is 144 Å². The van der Waals surface area contributed by atoms with Crippen molar-refractivity contribution >= 4 is 28.0 Å². The molecule has 12 heteroatoms. The highest BCUT2D eigenvalue weighted by molar-refractivity contribution is 6.12. The molecule has 3 aromatic heterocycles. The van der Waals surface area contributed by atoms with E-state index in [0.717, 1.165) is 5.56 Å². The van der Waals surface area contributed by atoms with Gasteiger partial charge in [0.05, 0.1) is 19.2 Å². The predicted molar refractivity (Wildman–Crippen MR) is 146 cm³/mol. The van der Waals surface area contributed by atoms with Crippen molar-refractivity contribution in [2.45, 2.75) is 6.54 Å². The molecule has 204 valence electrons. The Bertz CT molecular complexity index is 2000. The Morgan fingerprint density at radius 1 is 1.02 bits per heavy atom. The first-order valence-corrected chi connectivity index (χ1v) is 12.7. The summed E-state index contributed by atoms with van der Waals surface area (Å²) in [5.41, 5.74) is 1.96. The summed E-state index contributed by atoms with van der Waals surface area (Å²) in [5.74, 6) is 0.652. The number of rotatable bonds is 6. The van der Waals surface area contributed by atoms with Crippen LogP contribution in [0.15, 0.2) is 75.9 Å². The fourth-order valence-electron chi connectivity index (χ4n) is 5.07. The van der Waals surface area contributed by atoms with E-state index in [1.54, 1.807) is 37.4 Å². The van der Waals surface area contributed by atoms with Crippen LogP contribution in [0.3, 0.4) is 0 Å². The van der Waals surface area contributed by atoms with Gasteiger partial charge in [0, 0.05) is 16.5 Å². The van der Waals surface area contributed by atoms with Crippen molar-refractivity contribution in [3.63, 3.8) is 0 Å². The van der Waals surface area contributed by atoms with E-state index < -0.39 is 11.5 Å². The zero-order valence-electron chi connectivity index (χ0n) is 21.6. The molecule has 1 aliphatic rings. The Balaban J connectivity index is 1.56. The quantitative estimate of drug-likeness (QED) is 0.302. The average molecular weight is 552 g/mol. The smallest absolute Gasteiger partial charge is 0.363 e. The molecule has 3 aromatic carbocycles. The minimum atomic E-state index is -0.975. The van der Waals surface area contributed by atoms with E-state index >= 15 is 0 Å². The number of nitrogens with zero attached hydrogens (tertiary/aromatic N) is 4. The maximum Gasteiger partial charge on any atom is 0.363 e. The van der Waals surface area contributed by atoms with Gasteiger partial charge in [0.15, 0.2) is 17.1 Å². The molecule has 1 N–H and O–H groups in total. The molecule has 0 aliphatic carbocycles. The first-order valence-electron chi connectivity index (χ1n) is 12.7. The standard InChI is InChI=1S/C29H21N5O7/c1-37-19-8-4-2-6-17(19)15-34-25-18-7-3-5-9-20(18)40-26(25)23(16-10-11-21-22(14-16)39-13-12-38-21)24(27(34)35)28(36)41-29-30-32-33-31-29/h2-11,14H,12-13,15H2,1H3,(H,30,31,32,33). The molecule has 0 fully saturated rings. The van der Waals surface area contributed by atoms with Crippen LogP contribution < -0.4 is 24.5 Å². The Morgan fingerprint density at radius 3 is 2.66 bits per heavy atom. The molecular formula is C29H21N5O7. The normalized spacial score (nSPS) is 12.5. The lowest BCUT2D eigenvalue weighted by Crippen LogP contribution is -2.30. The van der Waals surface area contributed by atoms with Crippen molar-refractivity contribution in [2.75, 3.05) is 20.3 Å². The van der Waals surface area contributed by atoms with Crippen LogP contribution in [-0.4, -0.2) is 51.5 Å². The number of tetrazole rings is 1. The summed E-state index contributed by atoms with van der Waals surface area (Å²) in [7, 11) is 1.56. The van der Waals surface area contributed by atoms with E-state index in [1.165, 1.54) is 4.57 Å². The number of carbonyl (C=O) groups is 1. The lowest BCUT2D eigenvalue weighted by Gasteiger charge is -2.20. The molecule has 0 spiro atoms. The minimum absolute atomic E-state index is 0.0901. The van der Waals surface area contributed by atoms with Crippen LogP contribution in [0.25, 0.3) is 33.2 Å². The number of carbonyl (C=O) groups excluding carboxylic acids is 1. The van der Waals surface area contributed by atoms with Crippen LogP contribution in [0.5, 0.6) is 23.3 Å². The summed E-state index contributed by atoms with van der Waals surface area (Å²) >= 11 is 0. The first kappa shape index (κ1) is 24.4. The lowest BCUT2D eigenvalue weighted by molar-refractivity contribution is 0.0718. The van der Waals surface area contributed by atoms with Crippen molar-refractivity contribution in [3.05, 3.63) is 88.2 Å².